The molecule has 1 N–H and O–H groups in total. The molecule has 0 saturated carbocycles. The molecular weight excluding hydrogens is 112 g/mol. The summed E-state index contributed by atoms with van der Waals surface area (Å²) in [6.45, 7) is 0. The molecule has 0 saturated heterocycles. The Morgan fingerprint density at radius 1 is 0.889 bits per heavy atom. The molecule has 0 aromatic carbocycles. The molecule has 0 rings (SSSR count). The highest BCUT2D eigenvalue weighted by atomic mass is 15.0. The van der Waals surface area contributed by atoms with Crippen molar-refractivity contribution < 1.29 is 0 Å². The number of nitrogens with one attached hydrogen (secondary N) is 1. The standard InChI is InChI=1S/C3H9N.C2H7N.2CH4/c1-4(2)3;1-3-2;;/h1-3H3;3H,1-2H3;2*1H4. The van der Waals surface area contributed by atoms with Crippen LogP contribution in [0, 0.1) is 0 Å². The van der Waals surface area contributed by atoms with Crippen molar-refractivity contribution in [3.8, 4) is 0 Å². The molecule has 0 fully saturated rings. The highest BCUT2D eigenvalue weighted by molar-refractivity contribution is 4.09. The summed E-state index contributed by atoms with van der Waals surface area (Å²) in [7, 11) is 9.75. The maximum atomic E-state index is 2.75. The Hall–Kier alpha value is -0.0800. The van der Waals surface area contributed by atoms with E-state index in [4.69, 9.17) is 0 Å². The smallest absolute Gasteiger partial charge is 0.0140 e. The van der Waals surface area contributed by atoms with E-state index >= 15 is 0 Å². The highest BCUT2D eigenvalue weighted by Gasteiger charge is 1.58. The predicted molar refractivity (Wildman–Crippen MR) is 48.1 cm³/mol. The molecule has 0 aliphatic rings. The van der Waals surface area contributed by atoms with Gasteiger partial charge >= 0.3 is 0 Å². The zero-order valence-electron chi connectivity index (χ0n) is 5.95. The fourth-order valence-electron chi connectivity index (χ4n) is 0. The van der Waals surface area contributed by atoms with E-state index in [1.165, 1.54) is 0 Å². The van der Waals surface area contributed by atoms with E-state index in [1.54, 1.807) is 0 Å². The molecule has 0 amide bonds. The fourth-order valence-corrected chi connectivity index (χ4v) is 0. The average molecular weight is 136 g/mol. The molecule has 0 aromatic heterocycles. The van der Waals surface area contributed by atoms with Crippen molar-refractivity contribution in [1.82, 2.24) is 10.2 Å². The summed E-state index contributed by atoms with van der Waals surface area (Å²) in [6, 6.07) is 0. The number of rotatable bonds is 0. The molecule has 0 aromatic rings. The van der Waals surface area contributed by atoms with Gasteiger partial charge in [-0.2, -0.15) is 0 Å². The molecule has 0 unspecified atom stereocenters. The molecule has 0 heterocycles. The maximum Gasteiger partial charge on any atom is -0.0140 e. The molecule has 62 valence electrons. The minimum atomic E-state index is 0. The highest BCUT2D eigenvalue weighted by Crippen LogP contribution is 1.47. The second-order valence-electron chi connectivity index (χ2n) is 1.84. The molecule has 9 heavy (non-hydrogen) atoms. The first-order chi connectivity index (χ1) is 3.15. The minimum Gasteiger partial charge on any atom is -0.323 e. The third-order valence-corrected chi connectivity index (χ3v) is 0. The van der Waals surface area contributed by atoms with Crippen LogP contribution in [0.2, 0.25) is 0 Å². The lowest BCUT2D eigenvalue weighted by Crippen LogP contribution is -1.99. The van der Waals surface area contributed by atoms with Crippen LogP contribution >= 0.6 is 0 Å². The third kappa shape index (κ3) is 43400. The molecule has 0 aliphatic carbocycles. The van der Waals surface area contributed by atoms with Crippen LogP contribution in [0.3, 0.4) is 0 Å². The summed E-state index contributed by atoms with van der Waals surface area (Å²) in [4.78, 5) is 2.00. The van der Waals surface area contributed by atoms with Gasteiger partial charge in [0.1, 0.15) is 0 Å². The van der Waals surface area contributed by atoms with Gasteiger partial charge in [0.2, 0.25) is 0 Å². The van der Waals surface area contributed by atoms with Crippen molar-refractivity contribution in [3.05, 3.63) is 0 Å². The average Bonchev–Trinajstić information content (AvgIpc) is 1.33. The van der Waals surface area contributed by atoms with Crippen LogP contribution in [0.15, 0.2) is 0 Å². The number of hydrogen-bond donors (Lipinski definition) is 1. The van der Waals surface area contributed by atoms with Crippen molar-refractivity contribution in [2.24, 2.45) is 0 Å². The van der Waals surface area contributed by atoms with E-state index in [0.717, 1.165) is 0 Å². The van der Waals surface area contributed by atoms with Gasteiger partial charge in [-0.15, -0.1) is 0 Å². The second-order valence-corrected chi connectivity index (χ2v) is 1.84. The van der Waals surface area contributed by atoms with Gasteiger partial charge in [0.25, 0.3) is 0 Å². The first-order valence-corrected chi connectivity index (χ1v) is 2.34. The fraction of sp³-hybridized carbons (Fsp3) is 1.00. The van der Waals surface area contributed by atoms with Crippen molar-refractivity contribution >= 4 is 0 Å². The van der Waals surface area contributed by atoms with Gasteiger partial charge in [-0.05, 0) is 35.2 Å². The van der Waals surface area contributed by atoms with Gasteiger partial charge in [0.15, 0.2) is 0 Å². The normalized spacial score (nSPS) is 6.00. The van der Waals surface area contributed by atoms with Crippen LogP contribution in [0.1, 0.15) is 14.9 Å². The van der Waals surface area contributed by atoms with Crippen LogP contribution < -0.4 is 5.32 Å². The van der Waals surface area contributed by atoms with Crippen molar-refractivity contribution in [3.63, 3.8) is 0 Å². The summed E-state index contributed by atoms with van der Waals surface area (Å²) in [5, 5.41) is 2.75. The van der Waals surface area contributed by atoms with Crippen LogP contribution in [0.5, 0.6) is 0 Å². The van der Waals surface area contributed by atoms with Gasteiger partial charge in [0, 0.05) is 0 Å². The van der Waals surface area contributed by atoms with Crippen molar-refractivity contribution in [2.45, 2.75) is 14.9 Å². The maximum absolute atomic E-state index is 2.75. The summed E-state index contributed by atoms with van der Waals surface area (Å²) in [5.41, 5.74) is 0. The Morgan fingerprint density at radius 3 is 0.889 bits per heavy atom. The van der Waals surface area contributed by atoms with E-state index in [1.807, 2.05) is 40.1 Å². The van der Waals surface area contributed by atoms with Gasteiger partial charge in [-0.3, -0.25) is 0 Å². The van der Waals surface area contributed by atoms with E-state index in [2.05, 4.69) is 5.32 Å². The van der Waals surface area contributed by atoms with Crippen LogP contribution in [0.25, 0.3) is 0 Å². The van der Waals surface area contributed by atoms with Crippen LogP contribution in [0.4, 0.5) is 0 Å². The first-order valence-electron chi connectivity index (χ1n) is 2.34. The van der Waals surface area contributed by atoms with Gasteiger partial charge in [-0.1, -0.05) is 14.9 Å². The van der Waals surface area contributed by atoms with E-state index in [0.29, 0.717) is 0 Å². The third-order valence-electron chi connectivity index (χ3n) is 0. The minimum absolute atomic E-state index is 0. The van der Waals surface area contributed by atoms with Gasteiger partial charge < -0.3 is 10.2 Å². The molecule has 2 nitrogen and oxygen atoms in total. The molecular formula is C7H24N2. The Bertz CT molecular complexity index is 18.1. The summed E-state index contributed by atoms with van der Waals surface area (Å²) in [5.74, 6) is 0. The van der Waals surface area contributed by atoms with E-state index < -0.39 is 0 Å². The Kier molecular flexibility index (Phi) is 63.4. The largest absolute Gasteiger partial charge is 0.323 e. The lowest BCUT2D eigenvalue weighted by atomic mass is 11.0. The molecule has 0 spiro atoms. The predicted octanol–water partition coefficient (Wildman–Crippen LogP) is 1.29. The molecule has 0 bridgehead atoms. The van der Waals surface area contributed by atoms with Crippen LogP contribution in [-0.2, 0) is 0 Å². The number of nitrogens with zero attached hydrogens (tertiary/aromatic N) is 1. The second kappa shape index (κ2) is 24.7. The molecule has 0 radical (unpaired) electrons. The molecule has 0 aliphatic heterocycles. The number of hydrogen-bond acceptors (Lipinski definition) is 2. The SMILES string of the molecule is C.C.CN(C)C.CNC. The Morgan fingerprint density at radius 2 is 0.889 bits per heavy atom. The first kappa shape index (κ1) is 23.1. The quantitative estimate of drug-likeness (QED) is 0.540. The molecule has 2 heteroatoms. The lowest BCUT2D eigenvalue weighted by Gasteiger charge is -1.90. The Labute approximate surface area is 61.3 Å². The zero-order chi connectivity index (χ0) is 6.28. The summed E-state index contributed by atoms with van der Waals surface area (Å²) < 4.78 is 0. The summed E-state index contributed by atoms with van der Waals surface area (Å²) in [6.07, 6.45) is 0. The van der Waals surface area contributed by atoms with Crippen LogP contribution in [-0.4, -0.2) is 40.1 Å². The zero-order valence-corrected chi connectivity index (χ0v) is 5.95. The topological polar surface area (TPSA) is 15.3 Å². The van der Waals surface area contributed by atoms with E-state index in [9.17, 15) is 0 Å². The van der Waals surface area contributed by atoms with Gasteiger partial charge in [0.05, 0.1) is 0 Å². The van der Waals surface area contributed by atoms with E-state index in [-0.39, 0.29) is 14.9 Å². The Balaban J connectivity index is -0.0000000233. The van der Waals surface area contributed by atoms with Gasteiger partial charge in [-0.25, -0.2) is 0 Å². The monoisotopic (exact) mass is 136 g/mol. The summed E-state index contributed by atoms with van der Waals surface area (Å²) >= 11 is 0. The van der Waals surface area contributed by atoms with Crippen molar-refractivity contribution in [1.29, 1.82) is 0 Å². The van der Waals surface area contributed by atoms with Crippen molar-refractivity contribution in [2.75, 3.05) is 35.2 Å². The lowest BCUT2D eigenvalue weighted by molar-refractivity contribution is 0.505. The molecule has 0 atom stereocenters.